The van der Waals surface area contributed by atoms with Gasteiger partial charge in [-0.25, -0.2) is 4.79 Å². The Hall–Kier alpha value is -2.76. The summed E-state index contributed by atoms with van der Waals surface area (Å²) < 4.78 is 11.8. The fraction of sp³-hybridized carbons (Fsp3) is 0.500. The van der Waals surface area contributed by atoms with Gasteiger partial charge in [-0.3, -0.25) is 0 Å². The number of hydrogen-bond donors (Lipinski definition) is 1. The Morgan fingerprint density at radius 1 is 1.33 bits per heavy atom. The van der Waals surface area contributed by atoms with Gasteiger partial charge in [-0.1, -0.05) is 39.0 Å². The predicted molar refractivity (Wildman–Crippen MR) is 118 cm³/mol. The van der Waals surface area contributed by atoms with Gasteiger partial charge in [0.25, 0.3) is 6.01 Å². The fourth-order valence-corrected chi connectivity index (χ4v) is 3.36. The van der Waals surface area contributed by atoms with Crippen molar-refractivity contribution >= 4 is 23.1 Å². The van der Waals surface area contributed by atoms with Crippen LogP contribution < -0.4 is 4.90 Å². The molecule has 0 radical (unpaired) electrons. The second kappa shape index (κ2) is 8.94. The SMILES string of the molecule is CC(C)CCN(CC1C=C(OC(C)(C)C(=O)O)C=CC1C)c1nc2ccccc2o1. The molecule has 0 bridgehead atoms. The summed E-state index contributed by atoms with van der Waals surface area (Å²) in [7, 11) is 0. The second-order valence-corrected chi connectivity index (χ2v) is 8.96. The topological polar surface area (TPSA) is 75.8 Å². The van der Waals surface area contributed by atoms with Crippen LogP contribution in [0.15, 0.2) is 52.7 Å². The standard InChI is InChI=1S/C24H32N2O4/c1-16(2)12-13-26(23-25-20-8-6-7-9-21(20)29-23)15-18-14-19(11-10-17(18)3)30-24(4,5)22(27)28/h6-11,14,16-18H,12-13,15H2,1-5H3,(H,27,28). The van der Waals surface area contributed by atoms with Gasteiger partial charge in [0.2, 0.25) is 0 Å². The van der Waals surface area contributed by atoms with Crippen LogP contribution in [0, 0.1) is 17.8 Å². The molecule has 1 aliphatic rings. The van der Waals surface area contributed by atoms with E-state index in [1.54, 1.807) is 13.8 Å². The van der Waals surface area contributed by atoms with Gasteiger partial charge in [-0.2, -0.15) is 4.98 Å². The molecule has 1 N–H and O–H groups in total. The van der Waals surface area contributed by atoms with Gasteiger partial charge in [0.05, 0.1) is 0 Å². The molecule has 0 fully saturated rings. The highest BCUT2D eigenvalue weighted by atomic mass is 16.5. The van der Waals surface area contributed by atoms with Crippen LogP contribution in [-0.4, -0.2) is 34.8 Å². The summed E-state index contributed by atoms with van der Waals surface area (Å²) in [5.41, 5.74) is 0.349. The Balaban J connectivity index is 1.83. The fourth-order valence-electron chi connectivity index (χ4n) is 3.36. The number of benzene rings is 1. The van der Waals surface area contributed by atoms with Crippen LogP contribution in [0.25, 0.3) is 11.1 Å². The van der Waals surface area contributed by atoms with E-state index in [0.29, 0.717) is 24.2 Å². The number of carbonyl (C=O) groups is 1. The van der Waals surface area contributed by atoms with Crippen molar-refractivity contribution in [3.8, 4) is 0 Å². The molecule has 0 amide bonds. The van der Waals surface area contributed by atoms with E-state index in [1.165, 1.54) is 0 Å². The molecule has 1 aliphatic carbocycles. The lowest BCUT2D eigenvalue weighted by Crippen LogP contribution is -2.36. The highest BCUT2D eigenvalue weighted by Gasteiger charge is 2.31. The van der Waals surface area contributed by atoms with Crippen LogP contribution in [-0.2, 0) is 9.53 Å². The number of allylic oxidation sites excluding steroid dienone is 2. The molecule has 0 spiro atoms. The minimum Gasteiger partial charge on any atom is -0.478 e. The van der Waals surface area contributed by atoms with Crippen LogP contribution >= 0.6 is 0 Å². The number of carboxylic acids is 1. The minimum absolute atomic E-state index is 0.150. The lowest BCUT2D eigenvalue weighted by Gasteiger charge is -2.31. The third-order valence-electron chi connectivity index (χ3n) is 5.47. The molecule has 1 heterocycles. The highest BCUT2D eigenvalue weighted by molar-refractivity contribution is 5.76. The maximum atomic E-state index is 11.4. The molecule has 2 atom stereocenters. The maximum absolute atomic E-state index is 11.4. The molecular formula is C24H32N2O4. The third-order valence-corrected chi connectivity index (χ3v) is 5.47. The van der Waals surface area contributed by atoms with Crippen LogP contribution in [0.4, 0.5) is 6.01 Å². The van der Waals surface area contributed by atoms with E-state index in [0.717, 1.165) is 24.1 Å². The summed E-state index contributed by atoms with van der Waals surface area (Å²) in [6, 6.07) is 8.41. The van der Waals surface area contributed by atoms with Crippen molar-refractivity contribution in [2.45, 2.75) is 46.6 Å². The lowest BCUT2D eigenvalue weighted by molar-refractivity contribution is -0.156. The number of anilines is 1. The molecule has 162 valence electrons. The first-order valence-corrected chi connectivity index (χ1v) is 10.6. The third kappa shape index (κ3) is 5.23. The number of fused-ring (bicyclic) bond motifs is 1. The number of nitrogens with zero attached hydrogens (tertiary/aromatic N) is 2. The second-order valence-electron chi connectivity index (χ2n) is 8.96. The molecule has 0 aliphatic heterocycles. The first-order valence-electron chi connectivity index (χ1n) is 10.6. The molecule has 3 rings (SSSR count). The predicted octanol–water partition coefficient (Wildman–Crippen LogP) is 5.27. The van der Waals surface area contributed by atoms with E-state index in [4.69, 9.17) is 14.1 Å². The number of rotatable bonds is 9. The monoisotopic (exact) mass is 412 g/mol. The molecular weight excluding hydrogens is 380 g/mol. The molecule has 1 aromatic heterocycles. The number of aromatic nitrogens is 1. The normalized spacial score (nSPS) is 19.2. The van der Waals surface area contributed by atoms with Gasteiger partial charge < -0.3 is 19.2 Å². The van der Waals surface area contributed by atoms with E-state index in [-0.39, 0.29) is 11.8 Å². The van der Waals surface area contributed by atoms with Gasteiger partial charge in [0.15, 0.2) is 11.2 Å². The number of oxazole rings is 1. The van der Waals surface area contributed by atoms with Crippen LogP contribution in [0.5, 0.6) is 0 Å². The molecule has 0 saturated carbocycles. The van der Waals surface area contributed by atoms with Crippen molar-refractivity contribution in [1.29, 1.82) is 0 Å². The molecule has 2 unspecified atom stereocenters. The van der Waals surface area contributed by atoms with Crippen LogP contribution in [0.3, 0.4) is 0 Å². The van der Waals surface area contributed by atoms with Gasteiger partial charge in [0.1, 0.15) is 11.3 Å². The number of hydrogen-bond acceptors (Lipinski definition) is 5. The average Bonchev–Trinajstić information content (AvgIpc) is 3.11. The number of carboxylic acid groups (broad SMARTS) is 1. The number of ether oxygens (including phenoxy) is 1. The van der Waals surface area contributed by atoms with Crippen LogP contribution in [0.2, 0.25) is 0 Å². The summed E-state index contributed by atoms with van der Waals surface area (Å²) >= 11 is 0. The summed E-state index contributed by atoms with van der Waals surface area (Å²) in [6.07, 6.45) is 6.99. The van der Waals surface area contributed by atoms with E-state index in [9.17, 15) is 9.90 Å². The van der Waals surface area contributed by atoms with Gasteiger partial charge in [-0.15, -0.1) is 0 Å². The van der Waals surface area contributed by atoms with Crippen molar-refractivity contribution in [1.82, 2.24) is 4.98 Å². The summed E-state index contributed by atoms with van der Waals surface area (Å²) in [6.45, 7) is 11.2. The Labute approximate surface area is 178 Å². The number of aliphatic carboxylic acids is 1. The Bertz CT molecular complexity index is 909. The van der Waals surface area contributed by atoms with E-state index in [2.05, 4.69) is 31.7 Å². The summed E-state index contributed by atoms with van der Waals surface area (Å²) in [4.78, 5) is 18.3. The van der Waals surface area contributed by atoms with E-state index >= 15 is 0 Å². The van der Waals surface area contributed by atoms with Crippen molar-refractivity contribution < 1.29 is 19.1 Å². The zero-order valence-electron chi connectivity index (χ0n) is 18.5. The Morgan fingerprint density at radius 3 is 2.73 bits per heavy atom. The molecule has 30 heavy (non-hydrogen) atoms. The Morgan fingerprint density at radius 2 is 2.07 bits per heavy atom. The Kier molecular flexibility index (Phi) is 6.54. The van der Waals surface area contributed by atoms with Gasteiger partial charge >= 0.3 is 5.97 Å². The number of para-hydroxylation sites is 2. The molecule has 6 nitrogen and oxygen atoms in total. The largest absolute Gasteiger partial charge is 0.478 e. The quantitative estimate of drug-likeness (QED) is 0.605. The maximum Gasteiger partial charge on any atom is 0.347 e. The molecule has 1 aromatic carbocycles. The zero-order chi connectivity index (χ0) is 21.9. The average molecular weight is 413 g/mol. The molecule has 6 heteroatoms. The van der Waals surface area contributed by atoms with Crippen LogP contribution in [0.1, 0.15) is 41.0 Å². The first kappa shape index (κ1) is 21.9. The highest BCUT2D eigenvalue weighted by Crippen LogP contribution is 2.30. The minimum atomic E-state index is -1.28. The van der Waals surface area contributed by atoms with Gasteiger partial charge in [0, 0.05) is 19.0 Å². The molecule has 2 aromatic rings. The zero-order valence-corrected chi connectivity index (χ0v) is 18.5. The summed E-state index contributed by atoms with van der Waals surface area (Å²) in [5, 5.41) is 9.37. The van der Waals surface area contributed by atoms with E-state index < -0.39 is 11.6 Å². The van der Waals surface area contributed by atoms with Crippen molar-refractivity contribution in [3.63, 3.8) is 0 Å². The lowest BCUT2D eigenvalue weighted by atomic mass is 9.88. The molecule has 0 saturated heterocycles. The van der Waals surface area contributed by atoms with Gasteiger partial charge in [-0.05, 0) is 56.4 Å². The first-order chi connectivity index (χ1) is 14.2. The smallest absolute Gasteiger partial charge is 0.347 e. The van der Waals surface area contributed by atoms with E-state index in [1.807, 2.05) is 36.4 Å². The van der Waals surface area contributed by atoms with Crippen molar-refractivity contribution in [3.05, 3.63) is 48.3 Å². The van der Waals surface area contributed by atoms with Crippen molar-refractivity contribution in [2.24, 2.45) is 17.8 Å². The van der Waals surface area contributed by atoms with Crippen molar-refractivity contribution in [2.75, 3.05) is 18.0 Å². The summed E-state index contributed by atoms with van der Waals surface area (Å²) in [5.74, 6) is 0.600.